The zero-order chi connectivity index (χ0) is 8.43. The molecule has 0 heterocycles. The highest BCUT2D eigenvalue weighted by Gasteiger charge is 2.15. The van der Waals surface area contributed by atoms with E-state index in [1.165, 1.54) is 0 Å². The number of nitrogens with two attached hydrogens (primary N) is 1. The van der Waals surface area contributed by atoms with E-state index in [0.717, 1.165) is 6.42 Å². The maximum absolute atomic E-state index is 10.6. The summed E-state index contributed by atoms with van der Waals surface area (Å²) in [7, 11) is 0. The van der Waals surface area contributed by atoms with E-state index in [0.29, 0.717) is 23.3 Å². The van der Waals surface area contributed by atoms with E-state index < -0.39 is 5.97 Å². The Labute approximate surface area is 65.2 Å². The van der Waals surface area contributed by atoms with Crippen LogP contribution in [0.25, 0.3) is 0 Å². The van der Waals surface area contributed by atoms with Crippen molar-refractivity contribution in [3.8, 4) is 0 Å². The molecule has 1 aliphatic carbocycles. The molecule has 0 saturated heterocycles. The van der Waals surface area contributed by atoms with Gasteiger partial charge in [-0.25, -0.2) is 4.79 Å². The molecule has 0 aromatic heterocycles. The number of hydrogen-bond acceptors (Lipinski definition) is 2. The first-order valence-electron chi connectivity index (χ1n) is 3.52. The Morgan fingerprint density at radius 3 is 2.82 bits per heavy atom. The van der Waals surface area contributed by atoms with Crippen molar-refractivity contribution in [1.29, 1.82) is 0 Å². The van der Waals surface area contributed by atoms with Gasteiger partial charge in [-0.15, -0.1) is 0 Å². The molecule has 0 radical (unpaired) electrons. The molecule has 0 aromatic rings. The van der Waals surface area contributed by atoms with Gasteiger partial charge in [0.05, 0.1) is 0 Å². The number of rotatable bonds is 1. The molecular formula is C8H11NO2. The number of carboxylic acids is 1. The third-order valence-corrected chi connectivity index (χ3v) is 1.90. The fraction of sp³-hybridized carbons (Fsp3) is 0.375. The summed E-state index contributed by atoms with van der Waals surface area (Å²) in [6.07, 6.45) is 3.20. The van der Waals surface area contributed by atoms with Crippen molar-refractivity contribution in [2.45, 2.75) is 19.8 Å². The van der Waals surface area contributed by atoms with Crippen LogP contribution in [0.1, 0.15) is 19.8 Å². The highest BCUT2D eigenvalue weighted by Crippen LogP contribution is 2.21. The van der Waals surface area contributed by atoms with Gasteiger partial charge in [0.15, 0.2) is 0 Å². The van der Waals surface area contributed by atoms with Crippen LogP contribution in [0.3, 0.4) is 0 Å². The average molecular weight is 153 g/mol. The van der Waals surface area contributed by atoms with Gasteiger partial charge in [0.25, 0.3) is 0 Å². The van der Waals surface area contributed by atoms with Crippen molar-refractivity contribution in [2.75, 3.05) is 0 Å². The molecule has 60 valence electrons. The number of allylic oxidation sites excluding steroid dienone is 2. The van der Waals surface area contributed by atoms with Gasteiger partial charge in [-0.2, -0.15) is 0 Å². The van der Waals surface area contributed by atoms with Gasteiger partial charge in [-0.05, 0) is 25.3 Å². The lowest BCUT2D eigenvalue weighted by Gasteiger charge is -2.12. The Morgan fingerprint density at radius 1 is 1.73 bits per heavy atom. The van der Waals surface area contributed by atoms with E-state index in [9.17, 15) is 4.79 Å². The Kier molecular flexibility index (Phi) is 1.98. The summed E-state index contributed by atoms with van der Waals surface area (Å²) >= 11 is 0. The number of hydrogen-bond donors (Lipinski definition) is 2. The van der Waals surface area contributed by atoms with Crippen LogP contribution in [0.2, 0.25) is 0 Å². The summed E-state index contributed by atoms with van der Waals surface area (Å²) in [6.45, 7) is 1.74. The van der Waals surface area contributed by atoms with E-state index in [1.807, 2.05) is 6.08 Å². The number of carbonyl (C=O) groups is 1. The van der Waals surface area contributed by atoms with E-state index in [1.54, 1.807) is 6.92 Å². The second-order valence-corrected chi connectivity index (χ2v) is 2.61. The molecule has 0 atom stereocenters. The Hall–Kier alpha value is -1.25. The molecule has 0 fully saturated rings. The third kappa shape index (κ3) is 1.42. The quantitative estimate of drug-likeness (QED) is 0.591. The first-order chi connectivity index (χ1) is 5.13. The van der Waals surface area contributed by atoms with Crippen LogP contribution in [-0.4, -0.2) is 11.1 Å². The van der Waals surface area contributed by atoms with Gasteiger partial charge < -0.3 is 10.8 Å². The predicted octanol–water partition coefficient (Wildman–Crippen LogP) is 1.02. The fourth-order valence-corrected chi connectivity index (χ4v) is 1.15. The highest BCUT2D eigenvalue weighted by molar-refractivity contribution is 5.88. The van der Waals surface area contributed by atoms with E-state index in [-0.39, 0.29) is 0 Å². The van der Waals surface area contributed by atoms with Crippen molar-refractivity contribution >= 4 is 5.97 Å². The SMILES string of the molecule is CC1=C(C(=O)O)CCC=C1N. The van der Waals surface area contributed by atoms with Gasteiger partial charge in [0.2, 0.25) is 0 Å². The van der Waals surface area contributed by atoms with Gasteiger partial charge in [0.1, 0.15) is 0 Å². The lowest BCUT2D eigenvalue weighted by atomic mass is 9.96. The molecule has 0 saturated carbocycles. The normalized spacial score (nSPS) is 18.1. The van der Waals surface area contributed by atoms with Gasteiger partial charge in [-0.1, -0.05) is 6.08 Å². The van der Waals surface area contributed by atoms with E-state index in [2.05, 4.69) is 0 Å². The minimum absolute atomic E-state index is 0.449. The molecule has 1 aliphatic rings. The zero-order valence-electron chi connectivity index (χ0n) is 6.42. The van der Waals surface area contributed by atoms with Crippen LogP contribution in [0.15, 0.2) is 22.9 Å². The summed E-state index contributed by atoms with van der Waals surface area (Å²) in [4.78, 5) is 10.6. The van der Waals surface area contributed by atoms with E-state index >= 15 is 0 Å². The number of aliphatic carboxylic acids is 1. The van der Waals surface area contributed by atoms with Gasteiger partial charge in [-0.3, -0.25) is 0 Å². The standard InChI is InChI=1S/C8H11NO2/c1-5-6(8(10)11)3-2-4-7(5)9/h4H,2-3,9H2,1H3,(H,10,11). The Morgan fingerprint density at radius 2 is 2.36 bits per heavy atom. The first-order valence-corrected chi connectivity index (χ1v) is 3.52. The summed E-state index contributed by atoms with van der Waals surface area (Å²) < 4.78 is 0. The van der Waals surface area contributed by atoms with Gasteiger partial charge in [0, 0.05) is 11.3 Å². The zero-order valence-corrected chi connectivity index (χ0v) is 6.42. The Bertz CT molecular complexity index is 251. The largest absolute Gasteiger partial charge is 0.478 e. The van der Waals surface area contributed by atoms with Crippen LogP contribution in [0.5, 0.6) is 0 Å². The smallest absolute Gasteiger partial charge is 0.331 e. The molecule has 0 unspecified atom stereocenters. The molecule has 0 aliphatic heterocycles. The maximum atomic E-state index is 10.6. The van der Waals surface area contributed by atoms with E-state index in [4.69, 9.17) is 10.8 Å². The summed E-state index contributed by atoms with van der Waals surface area (Å²) in [6, 6.07) is 0. The summed E-state index contributed by atoms with van der Waals surface area (Å²) in [5.74, 6) is -0.849. The van der Waals surface area contributed by atoms with Crippen molar-refractivity contribution in [3.05, 3.63) is 22.9 Å². The lowest BCUT2D eigenvalue weighted by Crippen LogP contribution is -2.12. The van der Waals surface area contributed by atoms with Gasteiger partial charge >= 0.3 is 5.97 Å². The van der Waals surface area contributed by atoms with Crippen LogP contribution in [-0.2, 0) is 4.79 Å². The highest BCUT2D eigenvalue weighted by atomic mass is 16.4. The molecular weight excluding hydrogens is 142 g/mol. The van der Waals surface area contributed by atoms with Crippen LogP contribution < -0.4 is 5.73 Å². The Balaban J connectivity index is 3.01. The number of carboxylic acid groups (broad SMARTS) is 1. The van der Waals surface area contributed by atoms with Crippen molar-refractivity contribution in [2.24, 2.45) is 5.73 Å². The summed E-state index contributed by atoms with van der Waals surface area (Å²) in [5, 5.41) is 8.69. The first kappa shape index (κ1) is 7.85. The molecule has 0 amide bonds. The van der Waals surface area contributed by atoms with Crippen LogP contribution in [0.4, 0.5) is 0 Å². The maximum Gasteiger partial charge on any atom is 0.331 e. The lowest BCUT2D eigenvalue weighted by molar-refractivity contribution is -0.132. The fourth-order valence-electron chi connectivity index (χ4n) is 1.15. The molecule has 3 N–H and O–H groups in total. The predicted molar refractivity (Wildman–Crippen MR) is 41.8 cm³/mol. The molecule has 0 spiro atoms. The topological polar surface area (TPSA) is 63.3 Å². The van der Waals surface area contributed by atoms with Crippen molar-refractivity contribution < 1.29 is 9.90 Å². The second-order valence-electron chi connectivity index (χ2n) is 2.61. The molecule has 1 rings (SSSR count). The van der Waals surface area contributed by atoms with Crippen LogP contribution >= 0.6 is 0 Å². The second kappa shape index (κ2) is 2.78. The minimum atomic E-state index is -0.849. The van der Waals surface area contributed by atoms with Crippen LogP contribution in [0, 0.1) is 0 Å². The summed E-state index contributed by atoms with van der Waals surface area (Å²) in [5.41, 5.74) is 7.31. The molecule has 11 heavy (non-hydrogen) atoms. The monoisotopic (exact) mass is 153 g/mol. The van der Waals surface area contributed by atoms with Crippen molar-refractivity contribution in [1.82, 2.24) is 0 Å². The molecule has 0 aromatic carbocycles. The minimum Gasteiger partial charge on any atom is -0.478 e. The molecule has 0 bridgehead atoms. The average Bonchev–Trinajstić information content (AvgIpc) is 1.94. The molecule has 3 heteroatoms. The van der Waals surface area contributed by atoms with Crippen molar-refractivity contribution in [3.63, 3.8) is 0 Å². The molecule has 3 nitrogen and oxygen atoms in total. The third-order valence-electron chi connectivity index (χ3n) is 1.90.